The highest BCUT2D eigenvalue weighted by Gasteiger charge is 2.12. The number of thiazole rings is 1. The second kappa shape index (κ2) is 5.34. The van der Waals surface area contributed by atoms with E-state index in [1.54, 1.807) is 17.4 Å². The van der Waals surface area contributed by atoms with E-state index >= 15 is 0 Å². The van der Waals surface area contributed by atoms with Gasteiger partial charge in [0, 0.05) is 0 Å². The lowest BCUT2D eigenvalue weighted by Gasteiger charge is -2.14. The lowest BCUT2D eigenvalue weighted by molar-refractivity contribution is 0.0939. The number of hydrogen-bond donors (Lipinski definition) is 1. The molecule has 0 aliphatic carbocycles. The van der Waals surface area contributed by atoms with Gasteiger partial charge in [-0.2, -0.15) is 10.2 Å². The zero-order valence-corrected chi connectivity index (χ0v) is 11.6. The maximum absolute atomic E-state index is 12.1. The van der Waals surface area contributed by atoms with Crippen LogP contribution in [0.25, 0.3) is 10.2 Å². The largest absolute Gasteiger partial charge is 0.345 e. The molecule has 1 aromatic carbocycles. The van der Waals surface area contributed by atoms with Gasteiger partial charge in [0.1, 0.15) is 0 Å². The van der Waals surface area contributed by atoms with Gasteiger partial charge in [-0.05, 0) is 30.7 Å². The summed E-state index contributed by atoms with van der Waals surface area (Å²) in [6.07, 6.45) is 2.96. The van der Waals surface area contributed by atoms with Gasteiger partial charge in [-0.25, -0.2) is 4.98 Å². The van der Waals surface area contributed by atoms with E-state index in [9.17, 15) is 4.79 Å². The summed E-state index contributed by atoms with van der Waals surface area (Å²) in [5, 5.41) is 10.3. The average molecular weight is 284 g/mol. The smallest absolute Gasteiger partial charge is 0.253 e. The number of hydrogen-bond acceptors (Lipinski definition) is 5. The SMILES string of the molecule is C[C@@H](NC(=O)c1ccnnc1)c1ccc2ncsc2c1. The molecule has 2 heterocycles. The molecule has 100 valence electrons. The van der Waals surface area contributed by atoms with Crippen molar-refractivity contribution in [2.24, 2.45) is 0 Å². The molecule has 0 radical (unpaired) electrons. The van der Waals surface area contributed by atoms with Gasteiger partial charge in [-0.1, -0.05) is 6.07 Å². The van der Waals surface area contributed by atoms with Gasteiger partial charge in [0.25, 0.3) is 5.91 Å². The number of rotatable bonds is 3. The highest BCUT2D eigenvalue weighted by Crippen LogP contribution is 2.22. The Morgan fingerprint density at radius 3 is 3.00 bits per heavy atom. The van der Waals surface area contributed by atoms with Crippen LogP contribution in [0.15, 0.2) is 42.2 Å². The van der Waals surface area contributed by atoms with Gasteiger partial charge in [0.05, 0.1) is 39.7 Å². The zero-order chi connectivity index (χ0) is 13.9. The number of fused-ring (bicyclic) bond motifs is 1. The van der Waals surface area contributed by atoms with Gasteiger partial charge < -0.3 is 5.32 Å². The van der Waals surface area contributed by atoms with Crippen molar-refractivity contribution in [2.75, 3.05) is 0 Å². The highest BCUT2D eigenvalue weighted by molar-refractivity contribution is 7.16. The van der Waals surface area contributed by atoms with Crippen molar-refractivity contribution in [3.63, 3.8) is 0 Å². The van der Waals surface area contributed by atoms with Gasteiger partial charge in [-0.15, -0.1) is 11.3 Å². The Hall–Kier alpha value is -2.34. The molecule has 0 bridgehead atoms. The van der Waals surface area contributed by atoms with Crippen LogP contribution >= 0.6 is 11.3 Å². The highest BCUT2D eigenvalue weighted by atomic mass is 32.1. The van der Waals surface area contributed by atoms with Crippen LogP contribution in [-0.4, -0.2) is 21.1 Å². The molecule has 6 heteroatoms. The maximum Gasteiger partial charge on any atom is 0.253 e. The third-order valence-corrected chi connectivity index (χ3v) is 3.84. The molecule has 0 saturated carbocycles. The molecule has 20 heavy (non-hydrogen) atoms. The van der Waals surface area contributed by atoms with Gasteiger partial charge in [0.2, 0.25) is 0 Å². The molecule has 3 aromatic rings. The molecule has 2 aromatic heterocycles. The fourth-order valence-electron chi connectivity index (χ4n) is 1.93. The minimum atomic E-state index is -0.156. The number of amides is 1. The molecule has 3 rings (SSSR count). The normalized spacial score (nSPS) is 12.2. The molecule has 1 N–H and O–H groups in total. The third-order valence-electron chi connectivity index (χ3n) is 3.05. The molecule has 1 amide bonds. The second-order valence-electron chi connectivity index (χ2n) is 4.41. The quantitative estimate of drug-likeness (QED) is 0.802. The first-order valence-corrected chi connectivity index (χ1v) is 7.03. The van der Waals surface area contributed by atoms with Crippen molar-refractivity contribution < 1.29 is 4.79 Å². The first kappa shape index (κ1) is 12.7. The summed E-state index contributed by atoms with van der Waals surface area (Å²) in [6.45, 7) is 1.95. The minimum absolute atomic E-state index is 0.0813. The Morgan fingerprint density at radius 1 is 1.30 bits per heavy atom. The molecular formula is C14H12N4OS. The number of aromatic nitrogens is 3. The maximum atomic E-state index is 12.1. The lowest BCUT2D eigenvalue weighted by atomic mass is 10.1. The van der Waals surface area contributed by atoms with Crippen LogP contribution in [-0.2, 0) is 0 Å². The molecule has 5 nitrogen and oxygen atoms in total. The van der Waals surface area contributed by atoms with Gasteiger partial charge >= 0.3 is 0 Å². The van der Waals surface area contributed by atoms with Crippen molar-refractivity contribution in [2.45, 2.75) is 13.0 Å². The summed E-state index contributed by atoms with van der Waals surface area (Å²) in [6, 6.07) is 7.57. The second-order valence-corrected chi connectivity index (χ2v) is 5.29. The molecule has 0 aliphatic rings. The molecule has 0 saturated heterocycles. The molecule has 0 unspecified atom stereocenters. The van der Waals surface area contributed by atoms with E-state index in [0.29, 0.717) is 5.56 Å². The molecular weight excluding hydrogens is 272 g/mol. The molecule has 0 spiro atoms. The van der Waals surface area contributed by atoms with Crippen LogP contribution in [0.1, 0.15) is 28.9 Å². The number of carbonyl (C=O) groups excluding carboxylic acids is 1. The summed E-state index contributed by atoms with van der Waals surface area (Å²) in [4.78, 5) is 16.3. The standard InChI is InChI=1S/C14H12N4OS/c1-9(18-14(19)11-4-5-16-17-7-11)10-2-3-12-13(6-10)20-8-15-12/h2-9H,1H3,(H,18,19)/t9-/m1/s1. The van der Waals surface area contributed by atoms with E-state index in [0.717, 1.165) is 15.8 Å². The number of nitrogens with zero attached hydrogens (tertiary/aromatic N) is 3. The van der Waals surface area contributed by atoms with E-state index in [4.69, 9.17) is 0 Å². The first-order valence-electron chi connectivity index (χ1n) is 6.15. The topological polar surface area (TPSA) is 67.8 Å². The average Bonchev–Trinajstić information content (AvgIpc) is 2.95. The van der Waals surface area contributed by atoms with Crippen LogP contribution in [0.4, 0.5) is 0 Å². The molecule has 1 atom stereocenters. The van der Waals surface area contributed by atoms with Crippen molar-refractivity contribution >= 4 is 27.5 Å². The Labute approximate surface area is 119 Å². The molecule has 0 fully saturated rings. The predicted molar refractivity (Wildman–Crippen MR) is 77.5 cm³/mol. The van der Waals surface area contributed by atoms with Crippen molar-refractivity contribution in [3.8, 4) is 0 Å². The fraction of sp³-hybridized carbons (Fsp3) is 0.143. The first-order chi connectivity index (χ1) is 9.74. The Kier molecular flexibility index (Phi) is 3.39. The summed E-state index contributed by atoms with van der Waals surface area (Å²) < 4.78 is 1.12. The zero-order valence-electron chi connectivity index (χ0n) is 10.8. The Bertz CT molecular complexity index is 741. The lowest BCUT2D eigenvalue weighted by Crippen LogP contribution is -2.26. The van der Waals surface area contributed by atoms with Gasteiger partial charge in [-0.3, -0.25) is 4.79 Å². The van der Waals surface area contributed by atoms with Crippen LogP contribution in [0.2, 0.25) is 0 Å². The van der Waals surface area contributed by atoms with Crippen molar-refractivity contribution in [1.29, 1.82) is 0 Å². The van der Waals surface area contributed by atoms with Crippen LogP contribution < -0.4 is 5.32 Å². The Balaban J connectivity index is 1.78. The van der Waals surface area contributed by atoms with Crippen LogP contribution in [0.5, 0.6) is 0 Å². The van der Waals surface area contributed by atoms with Gasteiger partial charge in [0.15, 0.2) is 0 Å². The Morgan fingerprint density at radius 2 is 2.20 bits per heavy atom. The van der Waals surface area contributed by atoms with Crippen molar-refractivity contribution in [1.82, 2.24) is 20.5 Å². The van der Waals surface area contributed by atoms with Crippen molar-refractivity contribution in [3.05, 3.63) is 53.3 Å². The van der Waals surface area contributed by atoms with E-state index in [-0.39, 0.29) is 11.9 Å². The monoisotopic (exact) mass is 284 g/mol. The van der Waals surface area contributed by atoms with E-state index in [1.165, 1.54) is 12.4 Å². The number of carbonyl (C=O) groups is 1. The summed E-state index contributed by atoms with van der Waals surface area (Å²) in [7, 11) is 0. The van der Waals surface area contributed by atoms with E-state index in [1.807, 2.05) is 24.6 Å². The summed E-state index contributed by atoms with van der Waals surface area (Å²) in [5.74, 6) is -0.156. The summed E-state index contributed by atoms with van der Waals surface area (Å²) >= 11 is 1.59. The van der Waals surface area contributed by atoms with E-state index in [2.05, 4.69) is 26.6 Å². The number of nitrogens with one attached hydrogen (secondary N) is 1. The predicted octanol–water partition coefficient (Wildman–Crippen LogP) is 2.58. The van der Waals surface area contributed by atoms with Crippen LogP contribution in [0.3, 0.4) is 0 Å². The number of benzene rings is 1. The van der Waals surface area contributed by atoms with E-state index < -0.39 is 0 Å². The summed E-state index contributed by atoms with van der Waals surface area (Å²) in [5.41, 5.74) is 4.36. The molecule has 0 aliphatic heterocycles. The van der Waals surface area contributed by atoms with Crippen LogP contribution in [0, 0.1) is 0 Å². The minimum Gasteiger partial charge on any atom is -0.345 e. The third kappa shape index (κ3) is 2.50. The fourth-order valence-corrected chi connectivity index (χ4v) is 2.65.